The number of carboxylic acid groups (broad SMARTS) is 1. The van der Waals surface area contributed by atoms with Gasteiger partial charge in [-0.15, -0.1) is 0 Å². The highest BCUT2D eigenvalue weighted by Crippen LogP contribution is 2.54. The zero-order chi connectivity index (χ0) is 41.9. The minimum Gasteiger partial charge on any atom is -0.481 e. The molecule has 0 bridgehead atoms. The van der Waals surface area contributed by atoms with E-state index in [1.807, 2.05) is 108 Å². The van der Waals surface area contributed by atoms with E-state index in [4.69, 9.17) is 22.3 Å². The van der Waals surface area contributed by atoms with Gasteiger partial charge in [-0.1, -0.05) is 106 Å². The van der Waals surface area contributed by atoms with Gasteiger partial charge in [0.1, 0.15) is 0 Å². The molecule has 2 aliphatic rings. The van der Waals surface area contributed by atoms with Gasteiger partial charge in [0, 0.05) is 53.0 Å². The van der Waals surface area contributed by atoms with Gasteiger partial charge in [0.05, 0.1) is 5.92 Å². The minimum atomic E-state index is -0.675. The number of nitrogens with one attached hydrogen (secondary N) is 1. The molecule has 0 aromatic heterocycles. The predicted octanol–water partition coefficient (Wildman–Crippen LogP) is 5.25. The number of hydrogen-bond acceptors (Lipinski definition) is 7. The van der Waals surface area contributed by atoms with Crippen LogP contribution in [0.1, 0.15) is 77.1 Å². The van der Waals surface area contributed by atoms with Crippen molar-refractivity contribution < 1.29 is 24.3 Å². The van der Waals surface area contributed by atoms with Gasteiger partial charge < -0.3 is 37.4 Å². The van der Waals surface area contributed by atoms with Crippen molar-refractivity contribution in [2.24, 2.45) is 29.0 Å². The Balaban J connectivity index is 0.000000254. The number of primary amides is 2. The lowest BCUT2D eigenvalue weighted by Crippen LogP contribution is -2.42. The van der Waals surface area contributed by atoms with Crippen LogP contribution in [0, 0.1) is 11.8 Å². The second-order valence-electron chi connectivity index (χ2n) is 16.2. The average molecular weight is 793 g/mol. The zero-order valence-electron chi connectivity index (χ0n) is 34.2. The maximum absolute atomic E-state index is 12.7. The summed E-state index contributed by atoms with van der Waals surface area (Å²) in [5.74, 6) is -1.51. The number of benzene rings is 4. The smallest absolute Gasteiger partial charge is 0.307 e. The fraction of sp³-hybridized carbons (Fsp3) is 0.404. The third-order valence-electron chi connectivity index (χ3n) is 11.6. The van der Waals surface area contributed by atoms with Crippen LogP contribution >= 0.6 is 0 Å². The summed E-state index contributed by atoms with van der Waals surface area (Å²) >= 11 is 0. The molecule has 8 N–H and O–H groups in total. The van der Waals surface area contributed by atoms with E-state index >= 15 is 0 Å². The zero-order valence-corrected chi connectivity index (χ0v) is 34.2. The molecule has 312 valence electrons. The van der Waals surface area contributed by atoms with E-state index in [1.165, 1.54) is 5.56 Å². The fourth-order valence-electron chi connectivity index (χ4n) is 7.16. The molecule has 6 atom stereocenters. The van der Waals surface area contributed by atoms with Crippen LogP contribution in [-0.2, 0) is 33.3 Å². The van der Waals surface area contributed by atoms with Crippen LogP contribution in [0.3, 0.4) is 0 Å². The normalized spacial score (nSPS) is 21.1. The van der Waals surface area contributed by atoms with Gasteiger partial charge in [0.2, 0.25) is 17.7 Å². The van der Waals surface area contributed by atoms with Crippen LogP contribution in [-0.4, -0.2) is 92.0 Å². The lowest BCUT2D eigenvalue weighted by molar-refractivity contribution is -0.139. The molecule has 0 saturated heterocycles. The Morgan fingerprint density at radius 3 is 1.38 bits per heavy atom. The Morgan fingerprint density at radius 2 is 1.03 bits per heavy atom. The van der Waals surface area contributed by atoms with Crippen LogP contribution in [0.2, 0.25) is 0 Å². The number of rotatable bonds is 15. The first-order valence-corrected chi connectivity index (χ1v) is 19.4. The van der Waals surface area contributed by atoms with E-state index in [-0.39, 0.29) is 42.0 Å². The maximum atomic E-state index is 12.7. The molecule has 0 aliphatic heterocycles. The summed E-state index contributed by atoms with van der Waals surface area (Å²) in [5, 5.41) is 12.0. The lowest BCUT2D eigenvalue weighted by Gasteiger charge is -2.25. The Hall–Kier alpha value is -5.36. The van der Waals surface area contributed by atoms with Gasteiger partial charge in [-0.25, -0.2) is 0 Å². The molecule has 0 heterocycles. The van der Waals surface area contributed by atoms with E-state index < -0.39 is 17.8 Å². The molecule has 2 saturated carbocycles. The third kappa shape index (κ3) is 12.6. The first-order valence-electron chi connectivity index (χ1n) is 19.4. The highest BCUT2D eigenvalue weighted by molar-refractivity contribution is 5.93. The molecular weight excluding hydrogens is 729 g/mol. The summed E-state index contributed by atoms with van der Waals surface area (Å²) in [6.07, 6.45) is 3.33. The summed E-state index contributed by atoms with van der Waals surface area (Å²) < 4.78 is 0. The first kappa shape index (κ1) is 47.0. The second kappa shape index (κ2) is 20.9. The van der Waals surface area contributed by atoms with Crippen molar-refractivity contribution in [3.8, 4) is 0 Å². The summed E-state index contributed by atoms with van der Waals surface area (Å²) in [7, 11) is 8.05. The number of nitrogens with two attached hydrogens (primary N) is 3. The van der Waals surface area contributed by atoms with Crippen LogP contribution in [0.4, 0.5) is 0 Å². The fourth-order valence-corrected chi connectivity index (χ4v) is 7.16. The van der Waals surface area contributed by atoms with Gasteiger partial charge in [0.25, 0.3) is 0 Å². The van der Waals surface area contributed by atoms with Crippen molar-refractivity contribution in [2.45, 2.75) is 69.9 Å². The average Bonchev–Trinajstić information content (AvgIpc) is 4.11. The number of carboxylic acids is 1. The summed E-state index contributed by atoms with van der Waals surface area (Å²) in [6, 6.07) is 35.3. The Kier molecular flexibility index (Phi) is 16.9. The number of amides is 3. The largest absolute Gasteiger partial charge is 0.481 e. The molecule has 0 spiro atoms. The minimum absolute atomic E-state index is 0. The summed E-state index contributed by atoms with van der Waals surface area (Å²) in [6.45, 7) is 5.38. The van der Waals surface area contributed by atoms with Crippen molar-refractivity contribution >= 4 is 23.7 Å². The predicted molar refractivity (Wildman–Crippen MR) is 233 cm³/mol. The van der Waals surface area contributed by atoms with Crippen LogP contribution in [0.25, 0.3) is 0 Å². The SMILES string of the molecule is C.CN(C)[C@H](CN)Cc1ccc(C(N)=O)cc1.CN(C)[C@H](CNC(=O)[C@H]1C[C@@]1(C)c1ccccc1)Cc1ccc(C(N)=O)cc1.C[C@@]1(c2ccccc2)C[C@@H]1C(=O)O. The van der Waals surface area contributed by atoms with Crippen molar-refractivity contribution in [1.29, 1.82) is 0 Å². The Labute approximate surface area is 345 Å². The Morgan fingerprint density at radius 1 is 0.655 bits per heavy atom. The maximum Gasteiger partial charge on any atom is 0.307 e. The van der Waals surface area contributed by atoms with Gasteiger partial charge in [-0.3, -0.25) is 19.2 Å². The second-order valence-corrected chi connectivity index (χ2v) is 16.2. The standard InChI is InChI=1S/C23H29N3O2.C12H19N3O.C11H12O2.CH4/c1-23(18-7-5-4-6-8-18)14-20(23)22(28)25-15-19(26(2)3)13-16-9-11-17(12-10-16)21(24)27;1-15(2)11(8-13)7-9-3-5-10(6-4-9)12(14)16;1-11(7-9(11)10(12)13)8-5-3-2-4-6-8;/h4-12,19-20H,13-15H2,1-3H3,(H2,24,27)(H,25,28);3-6,11H,7-8,13H2,1-2H3,(H2,14,16);2-6,9H,7H2,1H3,(H,12,13);1H4/t19-,20+,23-;11-;9-,11+;/m001./s1. The molecule has 11 nitrogen and oxygen atoms in total. The molecule has 4 aromatic rings. The first-order chi connectivity index (χ1) is 27.0. The lowest BCUT2D eigenvalue weighted by atomic mass is 9.95. The summed E-state index contributed by atoms with van der Waals surface area (Å²) in [5.41, 5.74) is 21.7. The topological polar surface area (TPSA) is 185 Å². The molecule has 0 radical (unpaired) electrons. The van der Waals surface area contributed by atoms with Crippen molar-refractivity contribution in [3.05, 3.63) is 143 Å². The molecule has 2 fully saturated rings. The van der Waals surface area contributed by atoms with E-state index in [9.17, 15) is 19.2 Å². The molecule has 6 rings (SSSR count). The van der Waals surface area contributed by atoms with Crippen LogP contribution in [0.5, 0.6) is 0 Å². The summed E-state index contributed by atoms with van der Waals surface area (Å²) in [4.78, 5) is 49.8. The highest BCUT2D eigenvalue weighted by Gasteiger charge is 2.56. The van der Waals surface area contributed by atoms with E-state index in [0.29, 0.717) is 30.3 Å². The molecule has 0 unspecified atom stereocenters. The molecule has 2 aliphatic carbocycles. The van der Waals surface area contributed by atoms with Crippen molar-refractivity contribution in [3.63, 3.8) is 0 Å². The quantitative estimate of drug-likeness (QED) is 0.108. The highest BCUT2D eigenvalue weighted by atomic mass is 16.4. The van der Waals surface area contributed by atoms with Crippen LogP contribution < -0.4 is 22.5 Å². The Bertz CT molecular complexity index is 1940. The molecular formula is C47H64N6O5. The van der Waals surface area contributed by atoms with Gasteiger partial charge in [-0.05, 0) is 100 Å². The van der Waals surface area contributed by atoms with Crippen molar-refractivity contribution in [1.82, 2.24) is 15.1 Å². The number of carbonyl (C=O) groups excluding carboxylic acids is 3. The monoisotopic (exact) mass is 792 g/mol. The number of aliphatic carboxylic acids is 1. The van der Waals surface area contributed by atoms with Crippen LogP contribution in [0.15, 0.2) is 109 Å². The molecule has 3 amide bonds. The molecule has 11 heteroatoms. The molecule has 58 heavy (non-hydrogen) atoms. The van der Waals surface area contributed by atoms with Gasteiger partial charge >= 0.3 is 5.97 Å². The third-order valence-corrected chi connectivity index (χ3v) is 11.6. The van der Waals surface area contributed by atoms with E-state index in [2.05, 4.69) is 34.2 Å². The number of hydrogen-bond donors (Lipinski definition) is 5. The van der Waals surface area contributed by atoms with Gasteiger partial charge in [-0.2, -0.15) is 0 Å². The number of likely N-dealkylation sites (N-methyl/N-ethyl adjacent to an activating group) is 2. The molecule has 4 aromatic carbocycles. The number of carbonyl (C=O) groups is 4. The van der Waals surface area contributed by atoms with E-state index in [0.717, 1.165) is 42.4 Å². The van der Waals surface area contributed by atoms with E-state index in [1.54, 1.807) is 24.3 Å². The van der Waals surface area contributed by atoms with Crippen molar-refractivity contribution in [2.75, 3.05) is 41.3 Å². The number of nitrogens with zero attached hydrogens (tertiary/aromatic N) is 2. The van der Waals surface area contributed by atoms with Gasteiger partial charge in [0.15, 0.2) is 0 Å².